The van der Waals surface area contributed by atoms with E-state index >= 15 is 0 Å². The second-order valence-corrected chi connectivity index (χ2v) is 7.52. The van der Waals surface area contributed by atoms with Crippen molar-refractivity contribution in [1.29, 1.82) is 5.26 Å². The monoisotopic (exact) mass is 404 g/mol. The largest absolute Gasteiger partial charge is 0.275 e. The van der Waals surface area contributed by atoms with Gasteiger partial charge in [0, 0.05) is 5.56 Å². The molecule has 0 bridgehead atoms. The molecule has 0 aromatic heterocycles. The first-order valence-corrected chi connectivity index (χ1v) is 9.46. The fourth-order valence-corrected chi connectivity index (χ4v) is 3.98. The molecule has 0 saturated carbocycles. The van der Waals surface area contributed by atoms with Crippen LogP contribution in [0.1, 0.15) is 5.56 Å². The topological polar surface area (TPSA) is 70.0 Å². The lowest BCUT2D eigenvalue weighted by Crippen LogP contribution is -2.15. The van der Waals surface area contributed by atoms with Gasteiger partial charge in [-0.2, -0.15) is 5.26 Å². The van der Waals surface area contributed by atoms with Crippen molar-refractivity contribution in [2.75, 3.05) is 4.72 Å². The number of anilines is 1. The number of nitrogens with zero attached hydrogens (tertiary/aromatic N) is 1. The zero-order chi connectivity index (χ0) is 19.6. The molecule has 3 aromatic carbocycles. The van der Waals surface area contributed by atoms with Crippen molar-refractivity contribution in [3.63, 3.8) is 0 Å². The minimum Gasteiger partial charge on any atom is -0.275 e. The predicted molar refractivity (Wildman–Crippen MR) is 98.8 cm³/mol. The third-order valence-electron chi connectivity index (χ3n) is 3.78. The van der Waals surface area contributed by atoms with E-state index in [0.29, 0.717) is 0 Å². The molecule has 0 aliphatic heterocycles. The number of hydrogen-bond donors (Lipinski definition) is 1. The molecule has 4 nitrogen and oxygen atoms in total. The molecule has 0 radical (unpaired) electrons. The van der Waals surface area contributed by atoms with Crippen LogP contribution in [0.25, 0.3) is 11.1 Å². The normalized spacial score (nSPS) is 11.0. The third-order valence-corrected chi connectivity index (χ3v) is 5.52. The number of hydrogen-bond acceptors (Lipinski definition) is 3. The first-order valence-electron chi connectivity index (χ1n) is 7.60. The van der Waals surface area contributed by atoms with Crippen LogP contribution in [0.3, 0.4) is 0 Å². The fourth-order valence-electron chi connectivity index (χ4n) is 2.50. The number of nitrogens with one attached hydrogen (secondary N) is 1. The van der Waals surface area contributed by atoms with E-state index in [1.807, 2.05) is 4.72 Å². The van der Waals surface area contributed by atoms with Crippen molar-refractivity contribution >= 4 is 27.3 Å². The lowest BCUT2D eigenvalue weighted by atomic mass is 10.0. The first-order chi connectivity index (χ1) is 12.9. The molecule has 3 aromatic rings. The maximum absolute atomic E-state index is 14.7. The molecular formula is C19H11ClF2N2O2S. The molecular weight excluding hydrogens is 394 g/mol. The van der Waals surface area contributed by atoms with E-state index in [0.717, 1.165) is 0 Å². The zero-order valence-corrected chi connectivity index (χ0v) is 15.2. The number of nitriles is 1. The SMILES string of the molecule is N#Cc1c(F)c(NS(=O)(=O)c2ccccc2)c(Cl)c(-c2ccccc2)c1F. The van der Waals surface area contributed by atoms with Gasteiger partial charge in [-0.1, -0.05) is 60.1 Å². The number of benzene rings is 3. The average molecular weight is 405 g/mol. The van der Waals surface area contributed by atoms with Crippen molar-refractivity contribution < 1.29 is 17.2 Å². The van der Waals surface area contributed by atoms with E-state index in [4.69, 9.17) is 16.9 Å². The Morgan fingerprint density at radius 2 is 1.48 bits per heavy atom. The molecule has 0 saturated heterocycles. The summed E-state index contributed by atoms with van der Waals surface area (Å²) in [5.74, 6) is -2.53. The average Bonchev–Trinajstić information content (AvgIpc) is 2.67. The molecule has 1 N–H and O–H groups in total. The Balaban J connectivity index is 2.24. The molecule has 0 spiro atoms. The minimum atomic E-state index is -4.20. The fraction of sp³-hybridized carbons (Fsp3) is 0. The number of rotatable bonds is 4. The van der Waals surface area contributed by atoms with E-state index in [9.17, 15) is 17.2 Å². The number of halogens is 3. The van der Waals surface area contributed by atoms with Crippen LogP contribution in [0, 0.1) is 23.0 Å². The lowest BCUT2D eigenvalue weighted by molar-refractivity contribution is 0.579. The van der Waals surface area contributed by atoms with Gasteiger partial charge in [-0.3, -0.25) is 4.72 Å². The Morgan fingerprint density at radius 3 is 2.04 bits per heavy atom. The van der Waals surface area contributed by atoms with E-state index < -0.39 is 37.9 Å². The quantitative estimate of drug-likeness (QED) is 0.668. The van der Waals surface area contributed by atoms with E-state index in [1.165, 1.54) is 42.5 Å². The van der Waals surface area contributed by atoms with Crippen molar-refractivity contribution in [2.24, 2.45) is 0 Å². The molecule has 8 heteroatoms. The summed E-state index contributed by atoms with van der Waals surface area (Å²) in [4.78, 5) is -0.135. The standard InChI is InChI=1S/C19H11ClF2N2O2S/c20-16-15(12-7-3-1-4-8-12)17(21)14(11-23)18(22)19(16)24-27(25,26)13-9-5-2-6-10-13/h1-10,24H. The van der Waals surface area contributed by atoms with Gasteiger partial charge in [-0.25, -0.2) is 17.2 Å². The zero-order valence-electron chi connectivity index (χ0n) is 13.6. The van der Waals surface area contributed by atoms with Crippen molar-refractivity contribution in [3.05, 3.63) is 82.9 Å². The molecule has 0 fully saturated rings. The Morgan fingerprint density at radius 1 is 0.926 bits per heavy atom. The van der Waals surface area contributed by atoms with Gasteiger partial charge in [0.1, 0.15) is 17.3 Å². The highest BCUT2D eigenvalue weighted by atomic mass is 35.5. The van der Waals surface area contributed by atoms with Crippen molar-refractivity contribution in [2.45, 2.75) is 4.90 Å². The highest BCUT2D eigenvalue weighted by molar-refractivity contribution is 7.92. The van der Waals surface area contributed by atoms with Crippen LogP contribution in [0.4, 0.5) is 14.5 Å². The summed E-state index contributed by atoms with van der Waals surface area (Å²) in [6.45, 7) is 0. The molecule has 0 heterocycles. The van der Waals surface area contributed by atoms with Gasteiger partial charge >= 0.3 is 0 Å². The van der Waals surface area contributed by atoms with Crippen LogP contribution >= 0.6 is 11.6 Å². The van der Waals surface area contributed by atoms with Crippen LogP contribution in [-0.2, 0) is 10.0 Å². The second kappa shape index (κ2) is 7.35. The Bertz CT molecular complexity index is 1150. The maximum Gasteiger partial charge on any atom is 0.262 e. The lowest BCUT2D eigenvalue weighted by Gasteiger charge is -2.16. The van der Waals surface area contributed by atoms with E-state index in [2.05, 4.69) is 0 Å². The summed E-state index contributed by atoms with van der Waals surface area (Å²) in [6.07, 6.45) is 0. The van der Waals surface area contributed by atoms with Crippen LogP contribution in [-0.4, -0.2) is 8.42 Å². The Hall–Kier alpha value is -2.95. The van der Waals surface area contributed by atoms with Gasteiger partial charge in [0.2, 0.25) is 0 Å². The maximum atomic E-state index is 14.7. The van der Waals surface area contributed by atoms with Crippen LogP contribution in [0.2, 0.25) is 5.02 Å². The van der Waals surface area contributed by atoms with Gasteiger partial charge < -0.3 is 0 Å². The van der Waals surface area contributed by atoms with Gasteiger partial charge in [-0.05, 0) is 17.7 Å². The summed E-state index contributed by atoms with van der Waals surface area (Å²) in [5.41, 5.74) is -1.60. The molecule has 0 aliphatic carbocycles. The van der Waals surface area contributed by atoms with E-state index in [1.54, 1.807) is 24.3 Å². The van der Waals surface area contributed by atoms with Gasteiger partial charge in [-0.15, -0.1) is 0 Å². The van der Waals surface area contributed by atoms with Gasteiger partial charge in [0.05, 0.1) is 9.92 Å². The molecule has 27 heavy (non-hydrogen) atoms. The summed E-state index contributed by atoms with van der Waals surface area (Å²) in [6, 6.07) is 16.6. The third kappa shape index (κ3) is 3.50. The smallest absolute Gasteiger partial charge is 0.262 e. The van der Waals surface area contributed by atoms with Gasteiger partial charge in [0.15, 0.2) is 11.6 Å². The summed E-state index contributed by atoms with van der Waals surface area (Å²) in [5, 5.41) is 8.67. The van der Waals surface area contributed by atoms with Crippen LogP contribution < -0.4 is 4.72 Å². The molecule has 0 amide bonds. The first kappa shape index (κ1) is 18.8. The Kier molecular flexibility index (Phi) is 5.13. The van der Waals surface area contributed by atoms with Gasteiger partial charge in [0.25, 0.3) is 10.0 Å². The molecule has 0 aliphatic rings. The summed E-state index contributed by atoms with van der Waals surface area (Å²) < 4.78 is 56.4. The van der Waals surface area contributed by atoms with Crippen molar-refractivity contribution in [1.82, 2.24) is 0 Å². The molecule has 0 unspecified atom stereocenters. The molecule has 0 atom stereocenters. The highest BCUT2D eigenvalue weighted by Crippen LogP contribution is 2.41. The molecule has 136 valence electrons. The Labute approximate surface area is 159 Å². The van der Waals surface area contributed by atoms with E-state index in [-0.39, 0.29) is 16.0 Å². The summed E-state index contributed by atoms with van der Waals surface area (Å²) >= 11 is 6.16. The minimum absolute atomic E-state index is 0.135. The van der Waals surface area contributed by atoms with Crippen LogP contribution in [0.15, 0.2) is 65.6 Å². The second-order valence-electron chi connectivity index (χ2n) is 5.46. The summed E-state index contributed by atoms with van der Waals surface area (Å²) in [7, 11) is -4.20. The van der Waals surface area contributed by atoms with Crippen molar-refractivity contribution in [3.8, 4) is 17.2 Å². The predicted octanol–water partition coefficient (Wildman–Crippen LogP) is 4.96. The highest BCUT2D eigenvalue weighted by Gasteiger charge is 2.27. The number of sulfonamides is 1. The molecule has 3 rings (SSSR count). The van der Waals surface area contributed by atoms with Crippen LogP contribution in [0.5, 0.6) is 0 Å².